The highest BCUT2D eigenvalue weighted by Crippen LogP contribution is 2.13. The first kappa shape index (κ1) is 48.3. The van der Waals surface area contributed by atoms with Crippen molar-refractivity contribution >= 4 is 16.0 Å². The number of aliphatic hydroxyl groups is 2. The first-order valence-corrected chi connectivity index (χ1v) is 22.1. The Morgan fingerprint density at radius 1 is 0.540 bits per heavy atom. The van der Waals surface area contributed by atoms with Gasteiger partial charge in [-0.05, 0) is 70.6 Å². The average molecular weight is 724 g/mol. The summed E-state index contributed by atoms with van der Waals surface area (Å²) in [5, 5.41) is 23.3. The Kier molecular flexibility index (Phi) is 34.4. The first-order chi connectivity index (χ1) is 24.2. The van der Waals surface area contributed by atoms with Gasteiger partial charge in [-0.15, -0.1) is 0 Å². The molecule has 0 saturated carbocycles. The number of aliphatic hydroxyl groups excluding tert-OH is 2. The van der Waals surface area contributed by atoms with Crippen LogP contribution in [0.3, 0.4) is 0 Å². The van der Waals surface area contributed by atoms with Crippen LogP contribution in [0, 0.1) is 0 Å². The van der Waals surface area contributed by atoms with Gasteiger partial charge in [0.2, 0.25) is 5.91 Å². The second-order valence-corrected chi connectivity index (χ2v) is 15.5. The number of unbranched alkanes of at least 4 members (excludes halogenated alkanes) is 21. The summed E-state index contributed by atoms with van der Waals surface area (Å²) >= 11 is 0. The molecule has 0 aromatic rings. The maximum Gasteiger partial charge on any atom is 0.267 e. The highest BCUT2D eigenvalue weighted by atomic mass is 32.2. The topological polar surface area (TPSA) is 124 Å². The third kappa shape index (κ3) is 34.7. The maximum absolute atomic E-state index is 12.6. The number of carbonyl (C=O) groups is 1. The summed E-state index contributed by atoms with van der Waals surface area (Å²) in [6.45, 7) is 4.47. The molecule has 8 heteroatoms. The van der Waals surface area contributed by atoms with Crippen LogP contribution in [0.25, 0.3) is 0 Å². The van der Waals surface area contributed by atoms with E-state index in [0.717, 1.165) is 51.4 Å². The van der Waals surface area contributed by atoms with Gasteiger partial charge in [-0.1, -0.05) is 165 Å². The molecular weight excluding hydrogens is 647 g/mol. The number of carbonyl (C=O) groups excluding carboxylic acids is 1. The molecule has 3 atom stereocenters. The number of allylic oxidation sites excluding steroid dienone is 7. The molecule has 0 heterocycles. The van der Waals surface area contributed by atoms with E-state index in [9.17, 15) is 28.0 Å². The van der Waals surface area contributed by atoms with Crippen LogP contribution in [0.1, 0.15) is 187 Å². The van der Waals surface area contributed by atoms with Gasteiger partial charge in [-0.25, -0.2) is 0 Å². The molecular formula is C42H77NO6S. The minimum atomic E-state index is -4.46. The van der Waals surface area contributed by atoms with Crippen molar-refractivity contribution in [2.75, 3.05) is 5.75 Å². The lowest BCUT2D eigenvalue weighted by Crippen LogP contribution is -2.50. The SMILES string of the molecule is CCCCC/C=C/CC/C=C/CC/C=C/C(O)C(CS(=O)(=O)O)NC(=O)C(O)CCCCCCCC/C=C\CCCCCCCCCCCC. The zero-order valence-electron chi connectivity index (χ0n) is 32.1. The predicted octanol–water partition coefficient (Wildman–Crippen LogP) is 10.9. The molecule has 0 aromatic carbocycles. The van der Waals surface area contributed by atoms with Crippen molar-refractivity contribution in [3.63, 3.8) is 0 Å². The third-order valence-electron chi connectivity index (χ3n) is 9.06. The zero-order chi connectivity index (χ0) is 37.0. The average Bonchev–Trinajstić information content (AvgIpc) is 3.08. The Labute approximate surface area is 308 Å². The van der Waals surface area contributed by atoms with Gasteiger partial charge in [0.15, 0.2) is 0 Å². The molecule has 50 heavy (non-hydrogen) atoms. The van der Waals surface area contributed by atoms with E-state index in [4.69, 9.17) is 0 Å². The Morgan fingerprint density at radius 2 is 0.900 bits per heavy atom. The molecule has 0 bridgehead atoms. The van der Waals surface area contributed by atoms with E-state index in [0.29, 0.717) is 12.8 Å². The summed E-state index contributed by atoms with van der Waals surface area (Å²) in [5.41, 5.74) is 0. The lowest BCUT2D eigenvalue weighted by Gasteiger charge is -2.22. The lowest BCUT2D eigenvalue weighted by molar-refractivity contribution is -0.130. The van der Waals surface area contributed by atoms with Crippen molar-refractivity contribution < 1.29 is 28.0 Å². The Bertz CT molecular complexity index is 990. The molecule has 0 aliphatic carbocycles. The van der Waals surface area contributed by atoms with Gasteiger partial charge in [-0.3, -0.25) is 9.35 Å². The fraction of sp³-hybridized carbons (Fsp3) is 0.786. The summed E-state index contributed by atoms with van der Waals surface area (Å²) in [5.74, 6) is -1.57. The molecule has 0 aliphatic heterocycles. The molecule has 7 nitrogen and oxygen atoms in total. The van der Waals surface area contributed by atoms with Crippen LogP contribution in [-0.4, -0.2) is 53.1 Å². The fourth-order valence-electron chi connectivity index (χ4n) is 5.89. The molecule has 0 fully saturated rings. The normalized spacial score (nSPS) is 14.4. The first-order valence-electron chi connectivity index (χ1n) is 20.4. The predicted molar refractivity (Wildman–Crippen MR) is 213 cm³/mol. The van der Waals surface area contributed by atoms with Gasteiger partial charge in [0.05, 0.1) is 17.9 Å². The van der Waals surface area contributed by atoms with Crippen LogP contribution in [0.5, 0.6) is 0 Å². The Balaban J connectivity index is 4.07. The molecule has 0 spiro atoms. The van der Waals surface area contributed by atoms with E-state index in [1.54, 1.807) is 6.08 Å². The summed E-state index contributed by atoms with van der Waals surface area (Å²) in [7, 11) is -4.46. The lowest BCUT2D eigenvalue weighted by atomic mass is 10.0. The van der Waals surface area contributed by atoms with Gasteiger partial charge in [0, 0.05) is 0 Å². The molecule has 0 radical (unpaired) electrons. The second kappa shape index (κ2) is 35.7. The van der Waals surface area contributed by atoms with Crippen LogP contribution >= 0.6 is 0 Å². The highest BCUT2D eigenvalue weighted by Gasteiger charge is 2.27. The number of hydrogen-bond donors (Lipinski definition) is 4. The number of nitrogens with one attached hydrogen (secondary N) is 1. The smallest absolute Gasteiger partial charge is 0.267 e. The minimum Gasteiger partial charge on any atom is -0.387 e. The third-order valence-corrected chi connectivity index (χ3v) is 9.84. The summed E-state index contributed by atoms with van der Waals surface area (Å²) in [6.07, 6.45) is 44.6. The molecule has 292 valence electrons. The van der Waals surface area contributed by atoms with Gasteiger partial charge in [0.25, 0.3) is 10.1 Å². The van der Waals surface area contributed by atoms with Crippen molar-refractivity contribution in [1.29, 1.82) is 0 Å². The van der Waals surface area contributed by atoms with Crippen LogP contribution < -0.4 is 5.32 Å². The van der Waals surface area contributed by atoms with Crippen molar-refractivity contribution in [2.45, 2.75) is 205 Å². The second-order valence-electron chi connectivity index (χ2n) is 14.0. The number of hydrogen-bond acceptors (Lipinski definition) is 5. The van der Waals surface area contributed by atoms with Crippen molar-refractivity contribution in [3.05, 3.63) is 48.6 Å². The summed E-state index contributed by atoms with van der Waals surface area (Å²) < 4.78 is 32.4. The van der Waals surface area contributed by atoms with Crippen molar-refractivity contribution in [3.8, 4) is 0 Å². The van der Waals surface area contributed by atoms with Gasteiger partial charge < -0.3 is 15.5 Å². The highest BCUT2D eigenvalue weighted by molar-refractivity contribution is 7.85. The van der Waals surface area contributed by atoms with Gasteiger partial charge in [0.1, 0.15) is 6.10 Å². The van der Waals surface area contributed by atoms with E-state index in [1.165, 1.54) is 109 Å². The minimum absolute atomic E-state index is 0.263. The molecule has 0 saturated heterocycles. The van der Waals surface area contributed by atoms with Crippen LogP contribution in [0.15, 0.2) is 48.6 Å². The number of amides is 1. The molecule has 4 N–H and O–H groups in total. The molecule has 1 amide bonds. The molecule has 0 aliphatic rings. The van der Waals surface area contributed by atoms with E-state index in [1.807, 2.05) is 0 Å². The zero-order valence-corrected chi connectivity index (χ0v) is 32.9. The van der Waals surface area contributed by atoms with E-state index in [-0.39, 0.29) is 6.42 Å². The quantitative estimate of drug-likeness (QED) is 0.0290. The Morgan fingerprint density at radius 3 is 1.36 bits per heavy atom. The summed E-state index contributed by atoms with van der Waals surface area (Å²) in [6, 6.07) is -1.26. The largest absolute Gasteiger partial charge is 0.387 e. The maximum atomic E-state index is 12.6. The Hall–Kier alpha value is -1.74. The fourth-order valence-corrected chi connectivity index (χ4v) is 6.63. The molecule has 0 aromatic heterocycles. The van der Waals surface area contributed by atoms with E-state index in [2.05, 4.69) is 55.6 Å². The number of rotatable bonds is 36. The van der Waals surface area contributed by atoms with Crippen LogP contribution in [0.2, 0.25) is 0 Å². The van der Waals surface area contributed by atoms with Crippen molar-refractivity contribution in [2.24, 2.45) is 0 Å². The molecule has 3 unspecified atom stereocenters. The van der Waals surface area contributed by atoms with Gasteiger partial charge >= 0.3 is 0 Å². The van der Waals surface area contributed by atoms with Gasteiger partial charge in [-0.2, -0.15) is 8.42 Å². The van der Waals surface area contributed by atoms with E-state index < -0.39 is 40.0 Å². The standard InChI is InChI=1S/C42H77NO6S/c1-3-5-7-9-11-13-15-17-18-19-20-21-22-23-25-27-29-31-33-35-37-41(45)42(46)43-39(38-50(47,48)49)40(44)36-34-32-30-28-26-24-16-14-12-10-8-6-4-2/h12,14,21-22,26,28,34,36,39-41,44-45H,3-11,13,15-20,23-25,27,29-33,35,37-38H2,1-2H3,(H,43,46)(H,47,48,49)/b14-12+,22-21-,28-26+,36-34+. The molecule has 0 rings (SSSR count). The summed E-state index contributed by atoms with van der Waals surface area (Å²) in [4.78, 5) is 12.6. The van der Waals surface area contributed by atoms with Crippen LogP contribution in [-0.2, 0) is 14.9 Å². The van der Waals surface area contributed by atoms with Crippen LogP contribution in [0.4, 0.5) is 0 Å². The van der Waals surface area contributed by atoms with E-state index >= 15 is 0 Å². The monoisotopic (exact) mass is 724 g/mol. The van der Waals surface area contributed by atoms with Crippen molar-refractivity contribution in [1.82, 2.24) is 5.32 Å².